The molecule has 1 aliphatic rings. The van der Waals surface area contributed by atoms with E-state index in [-0.39, 0.29) is 18.5 Å². The molecule has 0 saturated heterocycles. The van der Waals surface area contributed by atoms with E-state index in [1.54, 1.807) is 0 Å². The van der Waals surface area contributed by atoms with Gasteiger partial charge in [-0.3, -0.25) is 4.79 Å². The molecule has 0 amide bonds. The van der Waals surface area contributed by atoms with Crippen LogP contribution < -0.4 is 5.73 Å². The Morgan fingerprint density at radius 2 is 2.37 bits per heavy atom. The molecule has 19 heavy (non-hydrogen) atoms. The van der Waals surface area contributed by atoms with Gasteiger partial charge in [-0.1, -0.05) is 13.3 Å². The van der Waals surface area contributed by atoms with Gasteiger partial charge < -0.3 is 15.6 Å². The van der Waals surface area contributed by atoms with Gasteiger partial charge in [-0.15, -0.1) is 0 Å². The Morgan fingerprint density at radius 3 is 3.00 bits per heavy atom. The first-order valence-electron chi connectivity index (χ1n) is 7.19. The van der Waals surface area contributed by atoms with Gasteiger partial charge in [0.05, 0.1) is 6.61 Å². The molecular weight excluding hydrogens is 262 g/mol. The van der Waals surface area contributed by atoms with Crippen molar-refractivity contribution in [2.24, 2.45) is 17.6 Å². The van der Waals surface area contributed by atoms with Crippen LogP contribution in [0.3, 0.4) is 0 Å². The van der Waals surface area contributed by atoms with E-state index in [4.69, 9.17) is 15.6 Å². The van der Waals surface area contributed by atoms with E-state index in [9.17, 15) is 4.79 Å². The molecule has 1 fully saturated rings. The molecule has 0 spiro atoms. The number of carbonyl (C=O) groups is 1. The number of rotatable bonds is 8. The molecule has 0 aromatic rings. The second-order valence-electron chi connectivity index (χ2n) is 5.50. The largest absolute Gasteiger partial charge is 0.465 e. The number of hydrogen-bond acceptors (Lipinski definition) is 5. The van der Waals surface area contributed by atoms with Gasteiger partial charge >= 0.3 is 5.97 Å². The van der Waals surface area contributed by atoms with Crippen LogP contribution in [0.1, 0.15) is 39.5 Å². The van der Waals surface area contributed by atoms with Crippen LogP contribution in [0.15, 0.2) is 0 Å². The highest BCUT2D eigenvalue weighted by atomic mass is 32.2. The highest BCUT2D eigenvalue weighted by Gasteiger charge is 2.46. The van der Waals surface area contributed by atoms with Crippen molar-refractivity contribution in [1.29, 1.82) is 0 Å². The Bertz CT molecular complexity index is 288. The molecule has 5 heteroatoms. The van der Waals surface area contributed by atoms with Gasteiger partial charge in [0, 0.05) is 6.61 Å². The molecular formula is C14H27NO3S. The molecule has 0 aromatic heterocycles. The summed E-state index contributed by atoms with van der Waals surface area (Å²) in [5.41, 5.74) is 5.51. The number of aliphatic hydroxyl groups is 1. The van der Waals surface area contributed by atoms with E-state index < -0.39 is 5.54 Å². The monoisotopic (exact) mass is 289 g/mol. The first-order valence-corrected chi connectivity index (χ1v) is 8.34. The van der Waals surface area contributed by atoms with Crippen LogP contribution in [0.5, 0.6) is 0 Å². The second-order valence-corrected chi connectivity index (χ2v) is 6.65. The predicted molar refractivity (Wildman–Crippen MR) is 79.1 cm³/mol. The van der Waals surface area contributed by atoms with Crippen LogP contribution in [0.2, 0.25) is 0 Å². The summed E-state index contributed by atoms with van der Waals surface area (Å²) >= 11 is 1.83. The van der Waals surface area contributed by atoms with E-state index in [1.165, 1.54) is 0 Å². The van der Waals surface area contributed by atoms with Crippen molar-refractivity contribution < 1.29 is 14.6 Å². The molecule has 3 unspecified atom stereocenters. The van der Waals surface area contributed by atoms with Crippen molar-refractivity contribution in [3.8, 4) is 0 Å². The highest BCUT2D eigenvalue weighted by molar-refractivity contribution is 7.99. The maximum absolute atomic E-state index is 12.0. The standard InChI is InChI=1S/C14H27NO3S/c1-3-18-13(17)14(15)7-4-5-12(14)6-8-19-10-11(2)9-16/h11-12,16H,3-10,15H2,1-2H3. The van der Waals surface area contributed by atoms with Crippen LogP contribution in [0.4, 0.5) is 0 Å². The molecule has 0 heterocycles. The Morgan fingerprint density at radius 1 is 1.63 bits per heavy atom. The third-order valence-electron chi connectivity index (χ3n) is 3.85. The van der Waals surface area contributed by atoms with Crippen molar-refractivity contribution in [2.75, 3.05) is 24.7 Å². The van der Waals surface area contributed by atoms with Crippen LogP contribution in [0, 0.1) is 11.8 Å². The van der Waals surface area contributed by atoms with Gasteiger partial charge in [-0.05, 0) is 49.5 Å². The Kier molecular flexibility index (Phi) is 7.18. The van der Waals surface area contributed by atoms with Gasteiger partial charge in [0.15, 0.2) is 0 Å². The third-order valence-corrected chi connectivity index (χ3v) is 5.18. The van der Waals surface area contributed by atoms with Gasteiger partial charge in [0.1, 0.15) is 5.54 Å². The van der Waals surface area contributed by atoms with Gasteiger partial charge in [0.2, 0.25) is 0 Å². The summed E-state index contributed by atoms with van der Waals surface area (Å²) in [5.74, 6) is 2.30. The number of nitrogens with two attached hydrogens (primary N) is 1. The van der Waals surface area contributed by atoms with Crippen molar-refractivity contribution in [2.45, 2.75) is 45.1 Å². The predicted octanol–water partition coefficient (Wildman–Crippen LogP) is 1.80. The van der Waals surface area contributed by atoms with Crippen molar-refractivity contribution >= 4 is 17.7 Å². The van der Waals surface area contributed by atoms with E-state index in [1.807, 2.05) is 25.6 Å². The number of thioether (sulfide) groups is 1. The lowest BCUT2D eigenvalue weighted by Gasteiger charge is -2.29. The van der Waals surface area contributed by atoms with Gasteiger partial charge in [0.25, 0.3) is 0 Å². The number of esters is 1. The molecule has 0 aliphatic heterocycles. The van der Waals surface area contributed by atoms with Crippen LogP contribution in [-0.4, -0.2) is 41.3 Å². The second kappa shape index (κ2) is 8.12. The summed E-state index contributed by atoms with van der Waals surface area (Å²) in [6.45, 7) is 4.49. The lowest BCUT2D eigenvalue weighted by molar-refractivity contribution is -0.151. The fourth-order valence-electron chi connectivity index (χ4n) is 2.60. The van der Waals surface area contributed by atoms with Crippen molar-refractivity contribution in [3.63, 3.8) is 0 Å². The lowest BCUT2D eigenvalue weighted by Crippen LogP contribution is -2.52. The molecule has 0 aromatic carbocycles. The minimum absolute atomic E-state index is 0.230. The molecule has 1 rings (SSSR count). The maximum atomic E-state index is 12.0. The summed E-state index contributed by atoms with van der Waals surface area (Å²) in [4.78, 5) is 12.0. The van der Waals surface area contributed by atoms with Crippen molar-refractivity contribution in [3.05, 3.63) is 0 Å². The molecule has 0 radical (unpaired) electrons. The van der Waals surface area contributed by atoms with Crippen LogP contribution >= 0.6 is 11.8 Å². The molecule has 112 valence electrons. The van der Waals surface area contributed by atoms with E-state index >= 15 is 0 Å². The molecule has 1 aliphatic carbocycles. The van der Waals surface area contributed by atoms with Crippen LogP contribution in [-0.2, 0) is 9.53 Å². The lowest BCUT2D eigenvalue weighted by atomic mass is 9.86. The average Bonchev–Trinajstić information content (AvgIpc) is 2.77. The summed E-state index contributed by atoms with van der Waals surface area (Å²) in [5, 5.41) is 8.97. The summed E-state index contributed by atoms with van der Waals surface area (Å²) < 4.78 is 5.12. The number of hydrogen-bond donors (Lipinski definition) is 2. The average molecular weight is 289 g/mol. The quantitative estimate of drug-likeness (QED) is 0.526. The third kappa shape index (κ3) is 4.65. The minimum atomic E-state index is -0.765. The van der Waals surface area contributed by atoms with Crippen LogP contribution in [0.25, 0.3) is 0 Å². The topological polar surface area (TPSA) is 72.5 Å². The zero-order chi connectivity index (χ0) is 14.3. The first kappa shape index (κ1) is 16.8. The summed E-state index contributed by atoms with van der Waals surface area (Å²) in [7, 11) is 0. The maximum Gasteiger partial charge on any atom is 0.326 e. The SMILES string of the molecule is CCOC(=O)C1(N)CCCC1CCSCC(C)CO. The smallest absolute Gasteiger partial charge is 0.326 e. The van der Waals surface area contributed by atoms with Crippen molar-refractivity contribution in [1.82, 2.24) is 0 Å². The van der Waals surface area contributed by atoms with Gasteiger partial charge in [-0.2, -0.15) is 11.8 Å². The van der Waals surface area contributed by atoms with E-state index in [2.05, 4.69) is 0 Å². The Labute approximate surface area is 120 Å². The highest BCUT2D eigenvalue weighted by Crippen LogP contribution is 2.37. The Balaban J connectivity index is 2.37. The zero-order valence-corrected chi connectivity index (χ0v) is 12.9. The fourth-order valence-corrected chi connectivity index (χ4v) is 3.73. The van der Waals surface area contributed by atoms with E-state index in [0.29, 0.717) is 12.5 Å². The summed E-state index contributed by atoms with van der Waals surface area (Å²) in [6.07, 6.45) is 3.73. The molecule has 3 atom stereocenters. The zero-order valence-electron chi connectivity index (χ0n) is 12.1. The minimum Gasteiger partial charge on any atom is -0.465 e. The molecule has 3 N–H and O–H groups in total. The molecule has 4 nitrogen and oxygen atoms in total. The molecule has 1 saturated carbocycles. The summed E-state index contributed by atoms with van der Waals surface area (Å²) in [6, 6.07) is 0. The number of ether oxygens (including phenoxy) is 1. The number of carbonyl (C=O) groups excluding carboxylic acids is 1. The first-order chi connectivity index (χ1) is 9.04. The number of aliphatic hydroxyl groups excluding tert-OH is 1. The Hall–Kier alpha value is -0.260. The fraction of sp³-hybridized carbons (Fsp3) is 0.929. The van der Waals surface area contributed by atoms with E-state index in [0.717, 1.165) is 37.2 Å². The molecule has 0 bridgehead atoms. The normalized spacial score (nSPS) is 28.3. The van der Waals surface area contributed by atoms with Gasteiger partial charge in [-0.25, -0.2) is 0 Å².